The lowest BCUT2D eigenvalue weighted by Crippen LogP contribution is -2.05. The number of thiazole rings is 1. The molecule has 0 spiro atoms. The van der Waals surface area contributed by atoms with E-state index in [1.165, 1.54) is 17.4 Å². The average Bonchev–Trinajstić information content (AvgIpc) is 2.57. The molecule has 1 aromatic heterocycles. The van der Waals surface area contributed by atoms with E-state index >= 15 is 0 Å². The first-order valence-electron chi connectivity index (χ1n) is 5.24. The molecule has 0 aliphatic heterocycles. The molecule has 2 nitrogen and oxygen atoms in total. The molecule has 0 aliphatic rings. The van der Waals surface area contributed by atoms with Gasteiger partial charge in [0.15, 0.2) is 0 Å². The zero-order valence-electron chi connectivity index (χ0n) is 9.99. The largest absolute Gasteiger partial charge is 0.416 e. The minimum atomic E-state index is -4.31. The smallest absolute Gasteiger partial charge is 0.389 e. The van der Waals surface area contributed by atoms with Gasteiger partial charge in [0.1, 0.15) is 5.00 Å². The van der Waals surface area contributed by atoms with Crippen LogP contribution in [-0.4, -0.2) is 4.98 Å². The zero-order valence-corrected chi connectivity index (χ0v) is 11.6. The topological polar surface area (TPSA) is 38.9 Å². The van der Waals surface area contributed by atoms with Crippen LogP contribution in [0, 0.1) is 6.92 Å². The number of rotatable bonds is 2. The lowest BCUT2D eigenvalue weighted by molar-refractivity contribution is -0.137. The number of aromatic nitrogens is 1. The zero-order chi connectivity index (χ0) is 13.3. The number of benzene rings is 1. The maximum absolute atomic E-state index is 12.5. The quantitative estimate of drug-likeness (QED) is 0.908. The van der Waals surface area contributed by atoms with Crippen LogP contribution in [0.1, 0.15) is 21.8 Å². The molecule has 2 rings (SSSR count). The lowest BCUT2D eigenvalue weighted by Gasteiger charge is -2.07. The van der Waals surface area contributed by atoms with E-state index < -0.39 is 11.7 Å². The highest BCUT2D eigenvalue weighted by atomic mass is 35.5. The van der Waals surface area contributed by atoms with Gasteiger partial charge < -0.3 is 5.73 Å². The predicted molar refractivity (Wildman–Crippen MR) is 72.8 cm³/mol. The number of hydrogen-bond acceptors (Lipinski definition) is 3. The Balaban J connectivity index is 0.00000180. The van der Waals surface area contributed by atoms with E-state index in [0.717, 1.165) is 22.8 Å². The van der Waals surface area contributed by atoms with Gasteiger partial charge in [-0.3, -0.25) is 0 Å². The molecule has 0 amide bonds. The van der Waals surface area contributed by atoms with Crippen molar-refractivity contribution in [2.75, 3.05) is 5.73 Å². The van der Waals surface area contributed by atoms with E-state index in [1.807, 2.05) is 0 Å². The molecule has 0 aliphatic carbocycles. The molecule has 7 heteroatoms. The van der Waals surface area contributed by atoms with Crippen LogP contribution in [-0.2, 0) is 12.6 Å². The van der Waals surface area contributed by atoms with E-state index in [-0.39, 0.29) is 12.4 Å². The third-order valence-corrected chi connectivity index (χ3v) is 3.47. The molecule has 0 atom stereocenters. The fraction of sp³-hybridized carbons (Fsp3) is 0.250. The number of anilines is 1. The maximum Gasteiger partial charge on any atom is 0.416 e. The molecule has 0 saturated heterocycles. The summed E-state index contributed by atoms with van der Waals surface area (Å²) in [5.74, 6) is 0. The first-order valence-corrected chi connectivity index (χ1v) is 6.06. The Labute approximate surface area is 118 Å². The molecule has 0 fully saturated rings. The highest BCUT2D eigenvalue weighted by molar-refractivity contribution is 7.15. The van der Waals surface area contributed by atoms with Crippen molar-refractivity contribution in [1.82, 2.24) is 4.98 Å². The van der Waals surface area contributed by atoms with Crippen LogP contribution < -0.4 is 5.73 Å². The number of nitrogen functional groups attached to an aromatic ring is 1. The Morgan fingerprint density at radius 3 is 2.53 bits per heavy atom. The van der Waals surface area contributed by atoms with Crippen LogP contribution in [0.3, 0.4) is 0 Å². The van der Waals surface area contributed by atoms with E-state index in [4.69, 9.17) is 5.73 Å². The van der Waals surface area contributed by atoms with E-state index in [9.17, 15) is 13.2 Å². The first kappa shape index (κ1) is 15.8. The normalized spacial score (nSPS) is 11.2. The van der Waals surface area contributed by atoms with Crippen LogP contribution in [0.25, 0.3) is 0 Å². The number of alkyl halides is 3. The molecule has 0 radical (unpaired) electrons. The first-order chi connectivity index (χ1) is 8.36. The summed E-state index contributed by atoms with van der Waals surface area (Å²) in [7, 11) is 0. The maximum atomic E-state index is 12.5. The molecule has 2 N–H and O–H groups in total. The van der Waals surface area contributed by atoms with Crippen LogP contribution in [0.2, 0.25) is 0 Å². The summed E-state index contributed by atoms with van der Waals surface area (Å²) >= 11 is 1.31. The fourth-order valence-electron chi connectivity index (χ4n) is 1.57. The Morgan fingerprint density at radius 1 is 1.32 bits per heavy atom. The summed E-state index contributed by atoms with van der Waals surface area (Å²) in [6.45, 7) is 1.78. The van der Waals surface area contributed by atoms with Crippen molar-refractivity contribution in [2.45, 2.75) is 19.5 Å². The number of halogens is 4. The van der Waals surface area contributed by atoms with Gasteiger partial charge in [0.25, 0.3) is 0 Å². The Kier molecular flexibility index (Phi) is 4.81. The van der Waals surface area contributed by atoms with Gasteiger partial charge in [0.05, 0.1) is 16.3 Å². The summed E-state index contributed by atoms with van der Waals surface area (Å²) < 4.78 is 37.6. The summed E-state index contributed by atoms with van der Waals surface area (Å²) in [5.41, 5.74) is 6.34. The van der Waals surface area contributed by atoms with Gasteiger partial charge in [0, 0.05) is 6.42 Å². The van der Waals surface area contributed by atoms with Crippen molar-refractivity contribution in [3.05, 3.63) is 46.1 Å². The molecular weight excluding hydrogens is 297 g/mol. The van der Waals surface area contributed by atoms with Crippen molar-refractivity contribution in [2.24, 2.45) is 0 Å². The summed E-state index contributed by atoms with van der Waals surface area (Å²) in [4.78, 5) is 4.21. The predicted octanol–water partition coefficient (Wildman–Crippen LogP) is 4.07. The molecule has 1 aromatic carbocycles. The summed E-state index contributed by atoms with van der Waals surface area (Å²) in [5, 5.41) is 1.33. The van der Waals surface area contributed by atoms with Crippen LogP contribution in [0.4, 0.5) is 18.2 Å². The van der Waals surface area contributed by atoms with Crippen molar-refractivity contribution in [3.8, 4) is 0 Å². The van der Waals surface area contributed by atoms with Crippen molar-refractivity contribution < 1.29 is 13.2 Å². The highest BCUT2D eigenvalue weighted by Crippen LogP contribution is 2.30. The van der Waals surface area contributed by atoms with Crippen molar-refractivity contribution in [1.29, 1.82) is 0 Å². The molecule has 104 valence electrons. The van der Waals surface area contributed by atoms with Gasteiger partial charge in [-0.25, -0.2) is 4.98 Å². The second-order valence-corrected chi connectivity index (χ2v) is 5.05. The molecule has 0 unspecified atom stereocenters. The number of nitrogens with two attached hydrogens (primary N) is 1. The van der Waals surface area contributed by atoms with Gasteiger partial charge >= 0.3 is 6.18 Å². The lowest BCUT2D eigenvalue weighted by atomic mass is 10.1. The van der Waals surface area contributed by atoms with Crippen LogP contribution in [0.5, 0.6) is 0 Å². The van der Waals surface area contributed by atoms with Gasteiger partial charge in [-0.2, -0.15) is 13.2 Å². The van der Waals surface area contributed by atoms with Crippen LogP contribution in [0.15, 0.2) is 24.3 Å². The third kappa shape index (κ3) is 3.84. The standard InChI is InChI=1S/C12H11F3N2S.ClH/c1-7-11(16)18-10(17-7)6-8-3-2-4-9(5-8)12(13,14)15;/h2-5H,6,16H2,1H3;1H. The third-order valence-electron chi connectivity index (χ3n) is 2.49. The number of nitrogens with zero attached hydrogens (tertiary/aromatic N) is 1. The number of hydrogen-bond donors (Lipinski definition) is 1. The highest BCUT2D eigenvalue weighted by Gasteiger charge is 2.30. The van der Waals surface area contributed by atoms with Gasteiger partial charge in [-0.05, 0) is 18.6 Å². The minimum Gasteiger partial charge on any atom is -0.389 e. The van der Waals surface area contributed by atoms with Gasteiger partial charge in [-0.15, -0.1) is 23.7 Å². The molecule has 2 aromatic rings. The number of aryl methyl sites for hydroxylation is 1. The average molecular weight is 309 g/mol. The van der Waals surface area contributed by atoms with E-state index in [1.54, 1.807) is 13.0 Å². The summed E-state index contributed by atoms with van der Waals surface area (Å²) in [6, 6.07) is 5.27. The van der Waals surface area contributed by atoms with E-state index in [2.05, 4.69) is 4.98 Å². The molecule has 1 heterocycles. The fourth-order valence-corrected chi connectivity index (χ4v) is 2.44. The molecular formula is C12H12ClF3N2S. The van der Waals surface area contributed by atoms with Crippen molar-refractivity contribution in [3.63, 3.8) is 0 Å². The van der Waals surface area contributed by atoms with Crippen molar-refractivity contribution >= 4 is 28.7 Å². The van der Waals surface area contributed by atoms with E-state index in [0.29, 0.717) is 17.0 Å². The van der Waals surface area contributed by atoms with Crippen LogP contribution >= 0.6 is 23.7 Å². The monoisotopic (exact) mass is 308 g/mol. The molecule has 19 heavy (non-hydrogen) atoms. The Morgan fingerprint density at radius 2 is 2.00 bits per heavy atom. The Bertz CT molecular complexity index is 547. The Hall–Kier alpha value is -1.27. The second kappa shape index (κ2) is 5.79. The van der Waals surface area contributed by atoms with Gasteiger partial charge in [0.2, 0.25) is 0 Å². The SMILES string of the molecule is Cc1nc(Cc2cccc(C(F)(F)F)c2)sc1N.Cl. The second-order valence-electron chi connectivity index (χ2n) is 3.93. The molecule has 0 bridgehead atoms. The summed E-state index contributed by atoms with van der Waals surface area (Å²) in [6.07, 6.45) is -3.94. The minimum absolute atomic E-state index is 0. The van der Waals surface area contributed by atoms with Gasteiger partial charge in [-0.1, -0.05) is 18.2 Å². The molecule has 0 saturated carbocycles.